The van der Waals surface area contributed by atoms with Gasteiger partial charge in [-0.25, -0.2) is 0 Å². The lowest BCUT2D eigenvalue weighted by Crippen LogP contribution is -2.32. The van der Waals surface area contributed by atoms with Crippen LogP contribution in [-0.4, -0.2) is 22.9 Å². The summed E-state index contributed by atoms with van der Waals surface area (Å²) in [7, 11) is 0. The summed E-state index contributed by atoms with van der Waals surface area (Å²) in [6.45, 7) is 6.07. The van der Waals surface area contributed by atoms with Gasteiger partial charge >= 0.3 is 0 Å². The number of halogens is 1. The minimum absolute atomic E-state index is 0.0116. The number of nitrogens with zero attached hydrogens (tertiary/aromatic N) is 1. The van der Waals surface area contributed by atoms with Crippen LogP contribution < -0.4 is 0 Å². The van der Waals surface area contributed by atoms with E-state index in [1.807, 2.05) is 0 Å². The highest BCUT2D eigenvalue weighted by Gasteiger charge is 2.26. The molecule has 0 aliphatic carbocycles. The molecule has 3 heteroatoms. The third-order valence-corrected chi connectivity index (χ3v) is 2.26. The van der Waals surface area contributed by atoms with E-state index in [4.69, 9.17) is 11.6 Å². The zero-order chi connectivity index (χ0) is 8.43. The topological polar surface area (TPSA) is 20.3 Å². The number of rotatable bonds is 1. The fourth-order valence-electron chi connectivity index (χ4n) is 1.20. The van der Waals surface area contributed by atoms with Gasteiger partial charge in [0.05, 0.1) is 0 Å². The van der Waals surface area contributed by atoms with Crippen LogP contribution in [0.4, 0.5) is 0 Å². The number of hydrogen-bond acceptors (Lipinski definition) is 1. The monoisotopic (exact) mass is 173 g/mol. The summed E-state index contributed by atoms with van der Waals surface area (Å²) in [6.07, 6.45) is 1.91. The molecule has 0 saturated carbocycles. The molecule has 0 aromatic heterocycles. The Balaban J connectivity index is 2.60. The highest BCUT2D eigenvalue weighted by atomic mass is 35.5. The Morgan fingerprint density at radius 2 is 2.36 bits per heavy atom. The Hall–Kier alpha value is -0.500. The summed E-state index contributed by atoms with van der Waals surface area (Å²) in [6, 6.07) is 0. The first-order chi connectivity index (χ1) is 5.13. The van der Waals surface area contributed by atoms with Crippen molar-refractivity contribution in [2.24, 2.45) is 0 Å². The maximum atomic E-state index is 11.3. The molecular weight excluding hydrogens is 162 g/mol. The second-order valence-electron chi connectivity index (χ2n) is 2.86. The second kappa shape index (κ2) is 3.26. The molecule has 0 unspecified atom stereocenters. The van der Waals surface area contributed by atoms with Crippen LogP contribution in [0.2, 0.25) is 0 Å². The zero-order valence-electron chi connectivity index (χ0n) is 6.64. The van der Waals surface area contributed by atoms with Gasteiger partial charge in [-0.15, -0.1) is 0 Å². The van der Waals surface area contributed by atoms with Gasteiger partial charge < -0.3 is 4.90 Å². The van der Waals surface area contributed by atoms with Crippen molar-refractivity contribution in [2.75, 3.05) is 6.54 Å². The highest BCUT2D eigenvalue weighted by molar-refractivity contribution is 6.21. The predicted molar refractivity (Wildman–Crippen MR) is 45.4 cm³/mol. The maximum absolute atomic E-state index is 11.3. The van der Waals surface area contributed by atoms with Crippen molar-refractivity contribution in [1.82, 2.24) is 4.90 Å². The van der Waals surface area contributed by atoms with Crippen LogP contribution in [0.3, 0.4) is 0 Å². The summed E-state index contributed by atoms with van der Waals surface area (Å²) >= 11 is 5.88. The van der Waals surface area contributed by atoms with Gasteiger partial charge in [0, 0.05) is 12.1 Å². The minimum Gasteiger partial charge on any atom is -0.323 e. The smallest absolute Gasteiger partial charge is 0.250 e. The largest absolute Gasteiger partial charge is 0.323 e. The van der Waals surface area contributed by atoms with Crippen LogP contribution >= 0.6 is 11.6 Å². The van der Waals surface area contributed by atoms with Crippen LogP contribution in [-0.2, 0) is 4.79 Å². The molecule has 62 valence electrons. The third-order valence-electron chi connectivity index (χ3n) is 1.81. The lowest BCUT2D eigenvalue weighted by atomic mass is 10.3. The molecule has 0 N–H and O–H groups in total. The molecule has 1 saturated heterocycles. The lowest BCUT2D eigenvalue weighted by Gasteiger charge is -2.19. The SMILES string of the molecule is C=C(C)C(=O)N1CCC[C@@H]1Cl. The lowest BCUT2D eigenvalue weighted by molar-refractivity contribution is -0.126. The molecule has 1 atom stereocenters. The van der Waals surface area contributed by atoms with Crippen molar-refractivity contribution in [2.45, 2.75) is 25.3 Å². The second-order valence-corrected chi connectivity index (χ2v) is 3.36. The summed E-state index contributed by atoms with van der Waals surface area (Å²) in [5.74, 6) is -0.0116. The van der Waals surface area contributed by atoms with Gasteiger partial charge in [-0.2, -0.15) is 0 Å². The van der Waals surface area contributed by atoms with Gasteiger partial charge in [0.15, 0.2) is 0 Å². The molecule has 1 aliphatic rings. The van der Waals surface area contributed by atoms with Gasteiger partial charge in [0.1, 0.15) is 5.50 Å². The molecular formula is C8H12ClNO. The van der Waals surface area contributed by atoms with Crippen molar-refractivity contribution in [3.8, 4) is 0 Å². The van der Waals surface area contributed by atoms with Gasteiger partial charge in [-0.3, -0.25) is 4.79 Å². The molecule has 1 rings (SSSR count). The summed E-state index contributed by atoms with van der Waals surface area (Å²) in [5.41, 5.74) is 0.455. The molecule has 2 nitrogen and oxygen atoms in total. The number of hydrogen-bond donors (Lipinski definition) is 0. The summed E-state index contributed by atoms with van der Waals surface area (Å²) < 4.78 is 0. The average Bonchev–Trinajstić information content (AvgIpc) is 2.33. The molecule has 11 heavy (non-hydrogen) atoms. The van der Waals surface area contributed by atoms with E-state index in [0.717, 1.165) is 19.4 Å². The first kappa shape index (κ1) is 8.60. The van der Waals surface area contributed by atoms with Crippen LogP contribution in [0.5, 0.6) is 0 Å². The van der Waals surface area contributed by atoms with E-state index in [0.29, 0.717) is 5.57 Å². The van der Waals surface area contributed by atoms with E-state index in [1.165, 1.54) is 0 Å². The summed E-state index contributed by atoms with van der Waals surface area (Å²) in [4.78, 5) is 13.0. The Bertz CT molecular complexity index is 191. The quantitative estimate of drug-likeness (QED) is 0.336. The molecule has 1 heterocycles. The first-order valence-electron chi connectivity index (χ1n) is 3.73. The Labute approximate surface area is 71.8 Å². The molecule has 0 spiro atoms. The predicted octanol–water partition coefficient (Wildman–Crippen LogP) is 1.75. The average molecular weight is 174 g/mol. The van der Waals surface area contributed by atoms with Crippen molar-refractivity contribution < 1.29 is 4.79 Å². The number of alkyl halides is 1. The van der Waals surface area contributed by atoms with Gasteiger partial charge in [0.25, 0.3) is 0 Å². The van der Waals surface area contributed by atoms with E-state index in [1.54, 1.807) is 11.8 Å². The molecule has 1 amide bonds. The number of amides is 1. The van der Waals surface area contributed by atoms with E-state index in [2.05, 4.69) is 6.58 Å². The van der Waals surface area contributed by atoms with Crippen LogP contribution in [0.25, 0.3) is 0 Å². The van der Waals surface area contributed by atoms with Gasteiger partial charge in [0.2, 0.25) is 5.91 Å². The highest BCUT2D eigenvalue weighted by Crippen LogP contribution is 2.21. The Morgan fingerprint density at radius 1 is 1.73 bits per heavy atom. The molecule has 0 aromatic rings. The number of carbonyl (C=O) groups is 1. The number of carbonyl (C=O) groups excluding carboxylic acids is 1. The minimum atomic E-state index is -0.112. The van der Waals surface area contributed by atoms with E-state index < -0.39 is 0 Å². The van der Waals surface area contributed by atoms with Crippen molar-refractivity contribution in [3.05, 3.63) is 12.2 Å². The molecule has 0 aromatic carbocycles. The fourth-order valence-corrected chi connectivity index (χ4v) is 1.54. The Kier molecular flexibility index (Phi) is 2.55. The molecule has 0 radical (unpaired) electrons. The van der Waals surface area contributed by atoms with Crippen LogP contribution in [0.15, 0.2) is 12.2 Å². The van der Waals surface area contributed by atoms with E-state index in [-0.39, 0.29) is 11.4 Å². The summed E-state index contributed by atoms with van der Waals surface area (Å²) in [5, 5.41) is 0. The van der Waals surface area contributed by atoms with Crippen molar-refractivity contribution >= 4 is 17.5 Å². The standard InChI is InChI=1S/C8H12ClNO/c1-6(2)8(11)10-5-3-4-7(10)9/h7H,1,3-5H2,2H3/t7-/m1/s1. The van der Waals surface area contributed by atoms with Crippen molar-refractivity contribution in [1.29, 1.82) is 0 Å². The number of likely N-dealkylation sites (tertiary alicyclic amines) is 1. The van der Waals surface area contributed by atoms with Gasteiger partial charge in [-0.05, 0) is 19.8 Å². The van der Waals surface area contributed by atoms with E-state index >= 15 is 0 Å². The normalized spacial score (nSPS) is 23.8. The third kappa shape index (κ3) is 1.74. The van der Waals surface area contributed by atoms with Crippen LogP contribution in [0, 0.1) is 0 Å². The van der Waals surface area contributed by atoms with Crippen molar-refractivity contribution in [3.63, 3.8) is 0 Å². The van der Waals surface area contributed by atoms with Gasteiger partial charge in [-0.1, -0.05) is 18.2 Å². The Morgan fingerprint density at radius 3 is 2.73 bits per heavy atom. The molecule has 1 fully saturated rings. The first-order valence-corrected chi connectivity index (χ1v) is 4.17. The fraction of sp³-hybridized carbons (Fsp3) is 0.625. The zero-order valence-corrected chi connectivity index (χ0v) is 7.40. The molecule has 1 aliphatic heterocycles. The van der Waals surface area contributed by atoms with Crippen LogP contribution in [0.1, 0.15) is 19.8 Å². The van der Waals surface area contributed by atoms with E-state index in [9.17, 15) is 4.79 Å². The molecule has 0 bridgehead atoms. The maximum Gasteiger partial charge on any atom is 0.250 e.